The number of anilines is 1. The van der Waals surface area contributed by atoms with Crippen LogP contribution in [0.2, 0.25) is 0 Å². The van der Waals surface area contributed by atoms with Crippen molar-refractivity contribution in [1.29, 1.82) is 0 Å². The Labute approximate surface area is 83.6 Å². The van der Waals surface area contributed by atoms with Gasteiger partial charge in [-0.15, -0.1) is 5.11 Å². The van der Waals surface area contributed by atoms with E-state index in [-0.39, 0.29) is 5.54 Å². The van der Waals surface area contributed by atoms with Crippen LogP contribution >= 0.6 is 0 Å². The highest BCUT2D eigenvalue weighted by atomic mass is 15.8. The van der Waals surface area contributed by atoms with Crippen molar-refractivity contribution in [2.75, 3.05) is 5.43 Å². The van der Waals surface area contributed by atoms with Gasteiger partial charge in [0, 0.05) is 0 Å². The van der Waals surface area contributed by atoms with Crippen LogP contribution in [0.1, 0.15) is 20.8 Å². The van der Waals surface area contributed by atoms with E-state index in [0.717, 1.165) is 11.4 Å². The molecule has 1 heterocycles. The molecule has 0 amide bonds. The molecule has 0 radical (unpaired) electrons. The van der Waals surface area contributed by atoms with Gasteiger partial charge in [0.1, 0.15) is 5.69 Å². The molecule has 0 aliphatic carbocycles. The summed E-state index contributed by atoms with van der Waals surface area (Å²) in [7, 11) is 0. The second kappa shape index (κ2) is 2.97. The van der Waals surface area contributed by atoms with Gasteiger partial charge in [0.05, 0.1) is 11.2 Å². The number of hydrogen-bond donors (Lipinski definition) is 1. The van der Waals surface area contributed by atoms with Gasteiger partial charge >= 0.3 is 0 Å². The molecule has 14 heavy (non-hydrogen) atoms. The Morgan fingerprint density at radius 2 is 1.93 bits per heavy atom. The largest absolute Gasteiger partial charge is 0.279 e. The third-order valence-electron chi connectivity index (χ3n) is 2.01. The van der Waals surface area contributed by atoms with Gasteiger partial charge in [0.25, 0.3) is 0 Å². The number of benzene rings is 1. The van der Waals surface area contributed by atoms with Crippen molar-refractivity contribution in [1.82, 2.24) is 5.12 Å². The zero-order valence-electron chi connectivity index (χ0n) is 8.65. The molecule has 0 aromatic heterocycles. The molecule has 1 aliphatic heterocycles. The van der Waals surface area contributed by atoms with Gasteiger partial charge in [-0.1, -0.05) is 17.4 Å². The first-order valence-corrected chi connectivity index (χ1v) is 4.65. The van der Waals surface area contributed by atoms with Crippen LogP contribution in [0.15, 0.2) is 34.6 Å². The second-order valence-corrected chi connectivity index (χ2v) is 4.30. The molecule has 0 unspecified atom stereocenters. The van der Waals surface area contributed by atoms with Crippen LogP contribution in [-0.2, 0) is 0 Å². The minimum atomic E-state index is -0.0724. The number of para-hydroxylation sites is 1. The Bertz CT molecular complexity index is 365. The maximum Gasteiger partial charge on any atom is 0.112 e. The molecule has 74 valence electrons. The molecule has 1 N–H and O–H groups in total. The van der Waals surface area contributed by atoms with Crippen LogP contribution in [0.5, 0.6) is 0 Å². The lowest BCUT2D eigenvalue weighted by Gasteiger charge is -2.34. The van der Waals surface area contributed by atoms with Crippen LogP contribution in [0.3, 0.4) is 0 Å². The van der Waals surface area contributed by atoms with Crippen molar-refractivity contribution in [3.63, 3.8) is 0 Å². The quantitative estimate of drug-likeness (QED) is 0.682. The maximum absolute atomic E-state index is 4.13. The van der Waals surface area contributed by atoms with Crippen molar-refractivity contribution >= 4 is 11.4 Å². The summed E-state index contributed by atoms with van der Waals surface area (Å²) in [6.07, 6.45) is 0. The lowest BCUT2D eigenvalue weighted by Crippen LogP contribution is -2.41. The standard InChI is InChI=1S/C10H14N4/c1-10(2,3)14-12-9-7-5-4-6-8(9)11-13-14/h4-7,12H,1-3H3. The number of fused-ring (bicyclic) bond motifs is 1. The minimum Gasteiger partial charge on any atom is -0.279 e. The van der Waals surface area contributed by atoms with E-state index in [4.69, 9.17) is 0 Å². The van der Waals surface area contributed by atoms with E-state index in [1.807, 2.05) is 24.3 Å². The smallest absolute Gasteiger partial charge is 0.112 e. The van der Waals surface area contributed by atoms with E-state index in [1.54, 1.807) is 5.12 Å². The summed E-state index contributed by atoms with van der Waals surface area (Å²) in [5, 5.41) is 9.98. The fourth-order valence-electron chi connectivity index (χ4n) is 1.19. The average Bonchev–Trinajstić information content (AvgIpc) is 2.16. The van der Waals surface area contributed by atoms with Crippen LogP contribution in [0, 0.1) is 0 Å². The molecule has 4 heteroatoms. The molecule has 0 saturated heterocycles. The van der Waals surface area contributed by atoms with E-state index in [9.17, 15) is 0 Å². The summed E-state index contributed by atoms with van der Waals surface area (Å²) in [6.45, 7) is 6.23. The topological polar surface area (TPSA) is 40.0 Å². The summed E-state index contributed by atoms with van der Waals surface area (Å²) in [5.41, 5.74) is 5.02. The summed E-state index contributed by atoms with van der Waals surface area (Å²) in [4.78, 5) is 0. The predicted molar refractivity (Wildman–Crippen MR) is 56.2 cm³/mol. The van der Waals surface area contributed by atoms with Crippen molar-refractivity contribution < 1.29 is 0 Å². The first-order chi connectivity index (χ1) is 6.57. The molecule has 1 aliphatic rings. The highest BCUT2D eigenvalue weighted by Gasteiger charge is 2.23. The van der Waals surface area contributed by atoms with E-state index in [2.05, 4.69) is 36.5 Å². The third kappa shape index (κ3) is 1.55. The Kier molecular flexibility index (Phi) is 1.91. The molecule has 1 aromatic rings. The number of hydrogen-bond acceptors (Lipinski definition) is 4. The fourth-order valence-corrected chi connectivity index (χ4v) is 1.19. The summed E-state index contributed by atoms with van der Waals surface area (Å²) in [6, 6.07) is 7.86. The Morgan fingerprint density at radius 3 is 2.64 bits per heavy atom. The van der Waals surface area contributed by atoms with Crippen molar-refractivity contribution in [3.05, 3.63) is 24.3 Å². The number of nitrogens with one attached hydrogen (secondary N) is 1. The zero-order chi connectivity index (χ0) is 10.2. The molecule has 0 fully saturated rings. The van der Waals surface area contributed by atoms with E-state index < -0.39 is 0 Å². The summed E-state index contributed by atoms with van der Waals surface area (Å²) in [5.74, 6) is 0. The lowest BCUT2D eigenvalue weighted by molar-refractivity contribution is 0.164. The normalized spacial score (nSPS) is 14.9. The highest BCUT2D eigenvalue weighted by Crippen LogP contribution is 2.31. The van der Waals surface area contributed by atoms with Crippen LogP contribution in [0.4, 0.5) is 11.4 Å². The van der Waals surface area contributed by atoms with Crippen LogP contribution in [0.25, 0.3) is 0 Å². The van der Waals surface area contributed by atoms with Crippen molar-refractivity contribution in [2.24, 2.45) is 10.3 Å². The molecule has 2 rings (SSSR count). The summed E-state index contributed by atoms with van der Waals surface area (Å²) >= 11 is 0. The van der Waals surface area contributed by atoms with Gasteiger partial charge in [0.15, 0.2) is 0 Å². The van der Waals surface area contributed by atoms with Crippen molar-refractivity contribution in [3.8, 4) is 0 Å². The summed E-state index contributed by atoms with van der Waals surface area (Å²) < 4.78 is 0. The van der Waals surface area contributed by atoms with E-state index in [1.165, 1.54) is 0 Å². The van der Waals surface area contributed by atoms with E-state index in [0.29, 0.717) is 0 Å². The number of rotatable bonds is 0. The monoisotopic (exact) mass is 190 g/mol. The second-order valence-electron chi connectivity index (χ2n) is 4.30. The van der Waals surface area contributed by atoms with E-state index >= 15 is 0 Å². The van der Waals surface area contributed by atoms with Crippen LogP contribution < -0.4 is 5.43 Å². The fraction of sp³-hybridized carbons (Fsp3) is 0.400. The molecular weight excluding hydrogens is 176 g/mol. The zero-order valence-corrected chi connectivity index (χ0v) is 8.65. The van der Waals surface area contributed by atoms with Gasteiger partial charge in [0.2, 0.25) is 0 Å². The number of nitrogens with zero attached hydrogens (tertiary/aromatic N) is 3. The number of hydrazine groups is 1. The molecule has 0 atom stereocenters. The first-order valence-electron chi connectivity index (χ1n) is 4.65. The molecule has 0 saturated carbocycles. The molecule has 0 spiro atoms. The highest BCUT2D eigenvalue weighted by molar-refractivity contribution is 5.64. The molecule has 0 bridgehead atoms. The predicted octanol–water partition coefficient (Wildman–Crippen LogP) is 3.13. The van der Waals surface area contributed by atoms with Crippen molar-refractivity contribution in [2.45, 2.75) is 26.3 Å². The van der Waals surface area contributed by atoms with Crippen LogP contribution in [-0.4, -0.2) is 10.7 Å². The Hall–Kier alpha value is -1.58. The first kappa shape index (κ1) is 8.99. The average molecular weight is 190 g/mol. The lowest BCUT2D eigenvalue weighted by atomic mass is 10.1. The molecule has 1 aromatic carbocycles. The van der Waals surface area contributed by atoms with Gasteiger partial charge in [-0.2, -0.15) is 5.12 Å². The third-order valence-corrected chi connectivity index (χ3v) is 2.01. The Morgan fingerprint density at radius 1 is 1.21 bits per heavy atom. The van der Waals surface area contributed by atoms with Gasteiger partial charge in [-0.05, 0) is 32.9 Å². The molecule has 4 nitrogen and oxygen atoms in total. The Balaban J connectivity index is 2.30. The molecular formula is C10H14N4. The van der Waals surface area contributed by atoms with Gasteiger partial charge in [-0.25, -0.2) is 0 Å². The SMILES string of the molecule is CC(C)(C)N1N=Nc2ccccc2N1. The van der Waals surface area contributed by atoms with Gasteiger partial charge in [-0.3, -0.25) is 5.43 Å². The van der Waals surface area contributed by atoms with Gasteiger partial charge < -0.3 is 0 Å². The minimum absolute atomic E-state index is 0.0724. The maximum atomic E-state index is 4.13.